The fourth-order valence-electron chi connectivity index (χ4n) is 2.87. The van der Waals surface area contributed by atoms with Crippen molar-refractivity contribution >= 4 is 17.5 Å². The van der Waals surface area contributed by atoms with Gasteiger partial charge in [0.2, 0.25) is 5.91 Å². The van der Waals surface area contributed by atoms with E-state index in [1.807, 2.05) is 6.07 Å². The number of halogens is 2. The first-order chi connectivity index (χ1) is 12.0. The Balaban J connectivity index is 1.72. The maximum Gasteiger partial charge on any atom is 0.258 e. The number of rotatable bonds is 4. The lowest BCUT2D eigenvalue weighted by atomic mass is 10.1. The van der Waals surface area contributed by atoms with Crippen LogP contribution < -0.4 is 5.32 Å². The second-order valence-electron chi connectivity index (χ2n) is 6.05. The number of benzene rings is 2. The van der Waals surface area contributed by atoms with Gasteiger partial charge in [-0.05, 0) is 48.7 Å². The van der Waals surface area contributed by atoms with Crippen molar-refractivity contribution in [3.63, 3.8) is 0 Å². The van der Waals surface area contributed by atoms with Gasteiger partial charge in [-0.1, -0.05) is 12.1 Å². The Morgan fingerprint density at radius 2 is 1.96 bits per heavy atom. The number of amides is 2. The zero-order chi connectivity index (χ0) is 17.8. The van der Waals surface area contributed by atoms with Crippen molar-refractivity contribution in [2.75, 3.05) is 11.9 Å². The van der Waals surface area contributed by atoms with Gasteiger partial charge in [0.25, 0.3) is 5.91 Å². The molecule has 0 bridgehead atoms. The molecular formula is C19H18F2N2O2. The maximum absolute atomic E-state index is 13.7. The van der Waals surface area contributed by atoms with Gasteiger partial charge in [0.05, 0.1) is 5.56 Å². The lowest BCUT2D eigenvalue weighted by Crippen LogP contribution is -2.34. The van der Waals surface area contributed by atoms with Gasteiger partial charge in [-0.2, -0.15) is 0 Å². The van der Waals surface area contributed by atoms with Crippen LogP contribution in [0.2, 0.25) is 0 Å². The lowest BCUT2D eigenvalue weighted by molar-refractivity contribution is -0.133. The van der Waals surface area contributed by atoms with E-state index < -0.39 is 17.5 Å². The third kappa shape index (κ3) is 4.21. The van der Waals surface area contributed by atoms with E-state index in [4.69, 9.17) is 0 Å². The molecule has 0 atom stereocenters. The van der Waals surface area contributed by atoms with Crippen LogP contribution in [-0.2, 0) is 11.3 Å². The molecule has 1 fully saturated rings. The van der Waals surface area contributed by atoms with Crippen molar-refractivity contribution in [1.82, 2.24) is 4.90 Å². The van der Waals surface area contributed by atoms with Crippen molar-refractivity contribution in [3.05, 3.63) is 65.2 Å². The molecule has 0 saturated carbocycles. The van der Waals surface area contributed by atoms with Gasteiger partial charge in [-0.25, -0.2) is 8.78 Å². The Morgan fingerprint density at radius 1 is 1.12 bits per heavy atom. The highest BCUT2D eigenvalue weighted by molar-refractivity contribution is 6.04. The van der Waals surface area contributed by atoms with Crippen molar-refractivity contribution < 1.29 is 18.4 Å². The molecular weight excluding hydrogens is 326 g/mol. The molecule has 130 valence electrons. The van der Waals surface area contributed by atoms with Crippen LogP contribution in [0, 0.1) is 11.6 Å². The molecule has 1 heterocycles. The van der Waals surface area contributed by atoms with E-state index in [0.29, 0.717) is 18.7 Å². The van der Waals surface area contributed by atoms with Crippen molar-refractivity contribution in [2.45, 2.75) is 25.8 Å². The van der Waals surface area contributed by atoms with Crippen LogP contribution in [-0.4, -0.2) is 23.3 Å². The molecule has 3 rings (SSSR count). The van der Waals surface area contributed by atoms with E-state index in [1.165, 1.54) is 0 Å². The van der Waals surface area contributed by atoms with Crippen LogP contribution in [0.5, 0.6) is 0 Å². The third-order valence-corrected chi connectivity index (χ3v) is 4.15. The predicted molar refractivity (Wildman–Crippen MR) is 90.0 cm³/mol. The van der Waals surface area contributed by atoms with Crippen LogP contribution in [0.4, 0.5) is 14.5 Å². The summed E-state index contributed by atoms with van der Waals surface area (Å²) in [7, 11) is 0. The van der Waals surface area contributed by atoms with Crippen molar-refractivity contribution in [3.8, 4) is 0 Å². The number of hydrogen-bond donors (Lipinski definition) is 1. The Bertz CT molecular complexity index is 808. The number of carbonyl (C=O) groups excluding carboxylic acids is 2. The molecule has 6 heteroatoms. The molecule has 1 saturated heterocycles. The number of nitrogens with one attached hydrogen (secondary N) is 1. The summed E-state index contributed by atoms with van der Waals surface area (Å²) in [5.41, 5.74) is 0.986. The zero-order valence-corrected chi connectivity index (χ0v) is 13.6. The smallest absolute Gasteiger partial charge is 0.258 e. The van der Waals surface area contributed by atoms with Gasteiger partial charge in [-0.15, -0.1) is 0 Å². The number of carbonyl (C=O) groups is 2. The normalized spacial score (nSPS) is 14.5. The SMILES string of the molecule is O=C(Nc1cccc(CN2CCCCC2=O)c1)c1cc(F)ccc1F. The minimum atomic E-state index is -0.783. The van der Waals surface area contributed by atoms with E-state index in [2.05, 4.69) is 5.32 Å². The first kappa shape index (κ1) is 17.1. The summed E-state index contributed by atoms with van der Waals surface area (Å²) >= 11 is 0. The summed E-state index contributed by atoms with van der Waals surface area (Å²) in [6.45, 7) is 1.20. The summed E-state index contributed by atoms with van der Waals surface area (Å²) in [6.07, 6.45) is 2.47. The fourth-order valence-corrected chi connectivity index (χ4v) is 2.87. The van der Waals surface area contributed by atoms with Crippen LogP contribution in [0.25, 0.3) is 0 Å². The second kappa shape index (κ2) is 7.42. The predicted octanol–water partition coefficient (Wildman–Crippen LogP) is 3.73. The summed E-state index contributed by atoms with van der Waals surface area (Å²) in [5.74, 6) is -2.05. The monoisotopic (exact) mass is 344 g/mol. The van der Waals surface area contributed by atoms with Gasteiger partial charge in [0.1, 0.15) is 11.6 Å². The quantitative estimate of drug-likeness (QED) is 0.919. The van der Waals surface area contributed by atoms with Crippen LogP contribution in [0.15, 0.2) is 42.5 Å². The van der Waals surface area contributed by atoms with Gasteiger partial charge >= 0.3 is 0 Å². The van der Waals surface area contributed by atoms with Crippen molar-refractivity contribution in [1.29, 1.82) is 0 Å². The molecule has 2 amide bonds. The molecule has 1 aliphatic rings. The molecule has 25 heavy (non-hydrogen) atoms. The molecule has 0 spiro atoms. The maximum atomic E-state index is 13.7. The zero-order valence-electron chi connectivity index (χ0n) is 13.6. The van der Waals surface area contributed by atoms with Gasteiger partial charge in [-0.3, -0.25) is 9.59 Å². The largest absolute Gasteiger partial charge is 0.338 e. The molecule has 0 radical (unpaired) electrons. The highest BCUT2D eigenvalue weighted by atomic mass is 19.1. The number of likely N-dealkylation sites (tertiary alicyclic amines) is 1. The summed E-state index contributed by atoms with van der Waals surface area (Å²) in [6, 6.07) is 9.75. The molecule has 0 aliphatic carbocycles. The van der Waals surface area contributed by atoms with Gasteiger partial charge in [0, 0.05) is 25.2 Å². The molecule has 4 nitrogen and oxygen atoms in total. The summed E-state index contributed by atoms with van der Waals surface area (Å²) < 4.78 is 26.9. The first-order valence-electron chi connectivity index (χ1n) is 8.16. The van der Waals surface area contributed by atoms with Gasteiger partial charge < -0.3 is 10.2 Å². The van der Waals surface area contributed by atoms with Crippen LogP contribution >= 0.6 is 0 Å². The lowest BCUT2D eigenvalue weighted by Gasteiger charge is -2.26. The minimum Gasteiger partial charge on any atom is -0.338 e. The average Bonchev–Trinajstić information content (AvgIpc) is 2.59. The highest BCUT2D eigenvalue weighted by Crippen LogP contribution is 2.18. The molecule has 0 aromatic heterocycles. The molecule has 0 unspecified atom stereocenters. The Hall–Kier alpha value is -2.76. The summed E-state index contributed by atoms with van der Waals surface area (Å²) in [5, 5.41) is 2.57. The standard InChI is InChI=1S/C19H18F2N2O2/c20-14-7-8-17(21)16(11-14)19(25)22-15-5-3-4-13(10-15)12-23-9-2-1-6-18(23)24/h3-5,7-8,10-11H,1-2,6,9,12H2,(H,22,25). The Morgan fingerprint density at radius 3 is 2.76 bits per heavy atom. The van der Waals surface area contributed by atoms with Crippen LogP contribution in [0.3, 0.4) is 0 Å². The second-order valence-corrected chi connectivity index (χ2v) is 6.05. The highest BCUT2D eigenvalue weighted by Gasteiger charge is 2.18. The number of hydrogen-bond acceptors (Lipinski definition) is 2. The molecule has 2 aromatic rings. The molecule has 1 aliphatic heterocycles. The Kier molecular flexibility index (Phi) is 5.07. The number of piperidine rings is 1. The average molecular weight is 344 g/mol. The molecule has 1 N–H and O–H groups in total. The third-order valence-electron chi connectivity index (χ3n) is 4.15. The molecule has 2 aromatic carbocycles. The first-order valence-corrected chi connectivity index (χ1v) is 8.16. The minimum absolute atomic E-state index is 0.127. The topological polar surface area (TPSA) is 49.4 Å². The van der Waals surface area contributed by atoms with Crippen LogP contribution in [0.1, 0.15) is 35.2 Å². The van der Waals surface area contributed by atoms with E-state index >= 15 is 0 Å². The van der Waals surface area contributed by atoms with Crippen molar-refractivity contribution in [2.24, 2.45) is 0 Å². The van der Waals surface area contributed by atoms with E-state index in [9.17, 15) is 18.4 Å². The van der Waals surface area contributed by atoms with E-state index in [-0.39, 0.29) is 11.5 Å². The van der Waals surface area contributed by atoms with E-state index in [0.717, 1.165) is 43.1 Å². The number of nitrogens with zero attached hydrogens (tertiary/aromatic N) is 1. The Labute approximate surface area is 144 Å². The number of anilines is 1. The van der Waals surface area contributed by atoms with E-state index in [1.54, 1.807) is 23.1 Å². The summed E-state index contributed by atoms with van der Waals surface area (Å²) in [4.78, 5) is 25.8. The van der Waals surface area contributed by atoms with Gasteiger partial charge in [0.15, 0.2) is 0 Å². The fraction of sp³-hybridized carbons (Fsp3) is 0.263.